The Labute approximate surface area is 186 Å². The Morgan fingerprint density at radius 1 is 0.452 bits per heavy atom. The van der Waals surface area contributed by atoms with Crippen LogP contribution in [0.1, 0.15) is 41.5 Å². The van der Waals surface area contributed by atoms with E-state index in [1.54, 1.807) is 0 Å². The van der Waals surface area contributed by atoms with Gasteiger partial charge in [-0.2, -0.15) is 0 Å². The van der Waals surface area contributed by atoms with E-state index in [0.717, 1.165) is 38.5 Å². The lowest BCUT2D eigenvalue weighted by Gasteiger charge is -2.35. The minimum atomic E-state index is 0.116. The van der Waals surface area contributed by atoms with Crippen LogP contribution in [0.25, 0.3) is 0 Å². The average Bonchev–Trinajstić information content (AvgIpc) is 2.86. The molecule has 0 aliphatic carbocycles. The fraction of sp³-hybridized carbons (Fsp3) is 0.233. The number of hydrogen-bond acceptors (Lipinski definition) is 1. The summed E-state index contributed by atoms with van der Waals surface area (Å²) in [5.74, 6) is 0. The third kappa shape index (κ3) is 5.92. The highest BCUT2D eigenvalue weighted by atomic mass is 14.6. The zero-order valence-corrected chi connectivity index (χ0v) is 18.2. The smallest absolute Gasteiger partial charge is 0.0270 e. The number of aromatic nitrogens is 1. The third-order valence-electron chi connectivity index (χ3n) is 6.50. The summed E-state index contributed by atoms with van der Waals surface area (Å²) in [5.41, 5.74) is 5.79. The lowest BCUT2D eigenvalue weighted by Crippen LogP contribution is -2.29. The highest BCUT2D eigenvalue weighted by molar-refractivity contribution is 5.27. The molecular weight excluding hydrogens is 374 g/mol. The molecule has 0 aliphatic heterocycles. The van der Waals surface area contributed by atoms with Crippen LogP contribution in [0.2, 0.25) is 0 Å². The van der Waals surface area contributed by atoms with Gasteiger partial charge in [0.25, 0.3) is 0 Å². The number of nitrogens with zero attached hydrogens (tertiary/aromatic N) is 1. The lowest BCUT2D eigenvalue weighted by molar-refractivity contribution is 0.337. The molecular formula is C30H31N. The summed E-state index contributed by atoms with van der Waals surface area (Å²) in [6.45, 7) is 0. The van der Waals surface area contributed by atoms with Gasteiger partial charge in [0, 0.05) is 12.4 Å². The van der Waals surface area contributed by atoms with Gasteiger partial charge in [-0.1, -0.05) is 91.0 Å². The summed E-state index contributed by atoms with van der Waals surface area (Å²) in [6, 6.07) is 37.2. The first kappa shape index (κ1) is 21.1. The molecule has 4 aromatic rings. The van der Waals surface area contributed by atoms with Crippen LogP contribution in [-0.2, 0) is 24.7 Å². The van der Waals surface area contributed by atoms with Gasteiger partial charge in [-0.3, -0.25) is 4.98 Å². The van der Waals surface area contributed by atoms with Gasteiger partial charge >= 0.3 is 0 Å². The Bertz CT molecular complexity index is 905. The molecule has 0 amide bonds. The molecule has 0 radical (unpaired) electrons. The maximum absolute atomic E-state index is 4.31. The van der Waals surface area contributed by atoms with Crippen LogP contribution in [0.4, 0.5) is 0 Å². The first-order chi connectivity index (χ1) is 15.3. The monoisotopic (exact) mass is 405 g/mol. The molecule has 0 saturated heterocycles. The summed E-state index contributed by atoms with van der Waals surface area (Å²) in [6.07, 6.45) is 10.6. The largest absolute Gasteiger partial charge is 0.265 e. The van der Waals surface area contributed by atoms with E-state index in [1.165, 1.54) is 22.3 Å². The van der Waals surface area contributed by atoms with Crippen molar-refractivity contribution < 1.29 is 0 Å². The van der Waals surface area contributed by atoms with Crippen molar-refractivity contribution in [3.63, 3.8) is 0 Å². The molecule has 3 aromatic carbocycles. The second-order valence-corrected chi connectivity index (χ2v) is 8.47. The predicted octanol–water partition coefficient (Wildman–Crippen LogP) is 7.22. The molecule has 0 N–H and O–H groups in total. The number of benzene rings is 3. The predicted molar refractivity (Wildman–Crippen MR) is 130 cm³/mol. The van der Waals surface area contributed by atoms with Gasteiger partial charge in [0.05, 0.1) is 0 Å². The molecule has 0 fully saturated rings. The molecule has 0 aliphatic rings. The molecule has 156 valence electrons. The van der Waals surface area contributed by atoms with Crippen molar-refractivity contribution in [3.05, 3.63) is 138 Å². The summed E-state index contributed by atoms with van der Waals surface area (Å²) in [4.78, 5) is 4.31. The van der Waals surface area contributed by atoms with Crippen LogP contribution in [0, 0.1) is 0 Å². The van der Waals surface area contributed by atoms with E-state index in [9.17, 15) is 0 Å². The Balaban J connectivity index is 1.63. The highest BCUT2D eigenvalue weighted by Crippen LogP contribution is 2.39. The van der Waals surface area contributed by atoms with Gasteiger partial charge in [0.15, 0.2) is 0 Å². The fourth-order valence-corrected chi connectivity index (χ4v) is 4.60. The van der Waals surface area contributed by atoms with E-state index in [0.29, 0.717) is 0 Å². The zero-order chi connectivity index (χ0) is 21.2. The molecule has 0 atom stereocenters. The Morgan fingerprint density at radius 2 is 0.806 bits per heavy atom. The molecule has 1 heterocycles. The van der Waals surface area contributed by atoms with Gasteiger partial charge in [0.2, 0.25) is 0 Å². The second-order valence-electron chi connectivity index (χ2n) is 8.47. The number of rotatable bonds is 10. The third-order valence-corrected chi connectivity index (χ3v) is 6.50. The van der Waals surface area contributed by atoms with Gasteiger partial charge in [-0.25, -0.2) is 0 Å². The van der Waals surface area contributed by atoms with Crippen molar-refractivity contribution in [2.75, 3.05) is 0 Å². The molecule has 0 bridgehead atoms. The first-order valence-electron chi connectivity index (χ1n) is 11.4. The van der Waals surface area contributed by atoms with Gasteiger partial charge < -0.3 is 0 Å². The SMILES string of the molecule is c1ccc(CCC(CCc2ccccc2)(CCc2ccccc2)c2ccncc2)cc1. The number of hydrogen-bond donors (Lipinski definition) is 0. The number of aryl methyl sites for hydroxylation is 3. The molecule has 1 heteroatoms. The maximum Gasteiger partial charge on any atom is 0.0270 e. The average molecular weight is 406 g/mol. The van der Waals surface area contributed by atoms with Crippen molar-refractivity contribution in [2.24, 2.45) is 0 Å². The molecule has 1 nitrogen and oxygen atoms in total. The van der Waals surface area contributed by atoms with Crippen molar-refractivity contribution >= 4 is 0 Å². The van der Waals surface area contributed by atoms with E-state index >= 15 is 0 Å². The fourth-order valence-electron chi connectivity index (χ4n) is 4.60. The van der Waals surface area contributed by atoms with Crippen LogP contribution < -0.4 is 0 Å². The van der Waals surface area contributed by atoms with E-state index in [-0.39, 0.29) is 5.41 Å². The summed E-state index contributed by atoms with van der Waals surface area (Å²) in [7, 11) is 0. The molecule has 0 saturated carbocycles. The van der Waals surface area contributed by atoms with E-state index in [1.807, 2.05) is 12.4 Å². The second kappa shape index (κ2) is 10.7. The van der Waals surface area contributed by atoms with Crippen LogP contribution in [0.5, 0.6) is 0 Å². The van der Waals surface area contributed by atoms with Gasteiger partial charge in [0.1, 0.15) is 0 Å². The summed E-state index contributed by atoms with van der Waals surface area (Å²) in [5, 5.41) is 0. The van der Waals surface area contributed by atoms with Crippen LogP contribution in [0.3, 0.4) is 0 Å². The minimum Gasteiger partial charge on any atom is -0.265 e. The summed E-state index contributed by atoms with van der Waals surface area (Å²) < 4.78 is 0. The van der Waals surface area contributed by atoms with E-state index in [2.05, 4.69) is 108 Å². The Kier molecular flexibility index (Phi) is 7.28. The van der Waals surface area contributed by atoms with Crippen molar-refractivity contribution in [2.45, 2.75) is 43.9 Å². The van der Waals surface area contributed by atoms with Crippen molar-refractivity contribution in [3.8, 4) is 0 Å². The van der Waals surface area contributed by atoms with Gasteiger partial charge in [-0.15, -0.1) is 0 Å². The van der Waals surface area contributed by atoms with Crippen LogP contribution in [0.15, 0.2) is 116 Å². The molecule has 0 spiro atoms. The van der Waals surface area contributed by atoms with Crippen molar-refractivity contribution in [1.82, 2.24) is 4.98 Å². The van der Waals surface area contributed by atoms with E-state index < -0.39 is 0 Å². The minimum absolute atomic E-state index is 0.116. The normalized spacial score (nSPS) is 11.4. The Hall–Kier alpha value is -3.19. The van der Waals surface area contributed by atoms with E-state index in [4.69, 9.17) is 0 Å². The lowest BCUT2D eigenvalue weighted by atomic mass is 9.69. The summed E-state index contributed by atoms with van der Waals surface area (Å²) >= 11 is 0. The molecule has 0 unspecified atom stereocenters. The van der Waals surface area contributed by atoms with Crippen LogP contribution in [-0.4, -0.2) is 4.98 Å². The van der Waals surface area contributed by atoms with Crippen LogP contribution >= 0.6 is 0 Å². The highest BCUT2D eigenvalue weighted by Gasteiger charge is 2.31. The van der Waals surface area contributed by atoms with Crippen molar-refractivity contribution in [1.29, 1.82) is 0 Å². The van der Waals surface area contributed by atoms with Gasteiger partial charge in [-0.05, 0) is 78.3 Å². The molecule has 1 aromatic heterocycles. The zero-order valence-electron chi connectivity index (χ0n) is 18.2. The molecule has 4 rings (SSSR count). The maximum atomic E-state index is 4.31. The number of pyridine rings is 1. The first-order valence-corrected chi connectivity index (χ1v) is 11.4. The standard InChI is InChI=1S/C30H31N/c1-4-10-26(11-5-1)16-21-30(29-19-24-31-25-20-29,22-17-27-12-6-2-7-13-27)23-18-28-14-8-3-9-15-28/h1-15,19-20,24-25H,16-18,21-23H2. The topological polar surface area (TPSA) is 12.9 Å². The quantitative estimate of drug-likeness (QED) is 0.271. The Morgan fingerprint density at radius 3 is 1.16 bits per heavy atom. The molecule has 31 heavy (non-hydrogen) atoms.